The van der Waals surface area contributed by atoms with Gasteiger partial charge in [-0.3, -0.25) is 0 Å². The second kappa shape index (κ2) is 5.44. The van der Waals surface area contributed by atoms with Crippen molar-refractivity contribution >= 4 is 0 Å². The monoisotopic (exact) mass is 298 g/mol. The zero-order chi connectivity index (χ0) is 15.8. The Morgan fingerprint density at radius 2 is 1.70 bits per heavy atom. The molecule has 1 heteroatoms. The Morgan fingerprint density at radius 1 is 0.913 bits per heavy atom. The average molecular weight is 298 g/mol. The maximum atomic E-state index is 5.43. The summed E-state index contributed by atoms with van der Waals surface area (Å²) in [5.41, 5.74) is 9.24. The van der Waals surface area contributed by atoms with Crippen molar-refractivity contribution in [1.82, 2.24) is 0 Å². The van der Waals surface area contributed by atoms with Crippen LogP contribution in [0.25, 0.3) is 22.3 Å². The summed E-state index contributed by atoms with van der Waals surface area (Å²) < 4.78 is 5.43. The van der Waals surface area contributed by atoms with Crippen molar-refractivity contribution in [2.45, 2.75) is 13.3 Å². The van der Waals surface area contributed by atoms with Gasteiger partial charge in [0.05, 0.1) is 6.26 Å². The number of ether oxygens (including phenoxy) is 1. The van der Waals surface area contributed by atoms with Gasteiger partial charge < -0.3 is 4.74 Å². The minimum Gasteiger partial charge on any atom is -0.465 e. The molecular formula is C22H18O. The summed E-state index contributed by atoms with van der Waals surface area (Å²) in [6, 6.07) is 21.6. The molecule has 0 fully saturated rings. The number of benzene rings is 3. The molecule has 0 saturated carbocycles. The second-order valence-electron chi connectivity index (χ2n) is 5.93. The largest absolute Gasteiger partial charge is 0.465 e. The van der Waals surface area contributed by atoms with Gasteiger partial charge in [-0.2, -0.15) is 0 Å². The minimum atomic E-state index is 0.861. The molecule has 3 aromatic carbocycles. The highest BCUT2D eigenvalue weighted by molar-refractivity contribution is 5.85. The second-order valence-corrected chi connectivity index (χ2v) is 5.93. The maximum Gasteiger partial charge on any atom is 0.129 e. The first-order valence-corrected chi connectivity index (χ1v) is 7.86. The molecule has 0 aromatic heterocycles. The smallest absolute Gasteiger partial charge is 0.129 e. The molecule has 112 valence electrons. The highest BCUT2D eigenvalue weighted by atomic mass is 16.5. The van der Waals surface area contributed by atoms with Crippen molar-refractivity contribution in [3.63, 3.8) is 0 Å². The molecule has 0 radical (unpaired) electrons. The third-order valence-electron chi connectivity index (χ3n) is 4.55. The average Bonchev–Trinajstić information content (AvgIpc) is 2.95. The van der Waals surface area contributed by atoms with Gasteiger partial charge in [-0.15, -0.1) is 0 Å². The molecule has 0 heterocycles. The van der Waals surface area contributed by atoms with Crippen LogP contribution in [0.2, 0.25) is 0 Å². The van der Waals surface area contributed by atoms with E-state index in [1.54, 1.807) is 0 Å². The van der Waals surface area contributed by atoms with Crippen molar-refractivity contribution in [2.24, 2.45) is 0 Å². The van der Waals surface area contributed by atoms with E-state index in [1.165, 1.54) is 39.6 Å². The van der Waals surface area contributed by atoms with E-state index in [0.29, 0.717) is 0 Å². The molecule has 3 aromatic rings. The summed E-state index contributed by atoms with van der Waals surface area (Å²) in [6.45, 7) is 5.70. The van der Waals surface area contributed by atoms with Crippen LogP contribution in [0, 0.1) is 6.92 Å². The quantitative estimate of drug-likeness (QED) is 0.437. The third-order valence-corrected chi connectivity index (χ3v) is 4.55. The van der Waals surface area contributed by atoms with Crippen LogP contribution in [0.15, 0.2) is 73.5 Å². The van der Waals surface area contributed by atoms with Crippen molar-refractivity contribution < 1.29 is 4.74 Å². The summed E-state index contributed by atoms with van der Waals surface area (Å²) in [5, 5.41) is 0. The third kappa shape index (κ3) is 2.25. The van der Waals surface area contributed by atoms with E-state index in [2.05, 4.69) is 68.1 Å². The van der Waals surface area contributed by atoms with Gasteiger partial charge in [-0.1, -0.05) is 55.1 Å². The molecule has 0 unspecified atom stereocenters. The normalized spacial score (nSPS) is 11.7. The van der Waals surface area contributed by atoms with Gasteiger partial charge in [0.25, 0.3) is 0 Å². The van der Waals surface area contributed by atoms with Crippen molar-refractivity contribution in [3.8, 4) is 28.0 Å². The van der Waals surface area contributed by atoms with Gasteiger partial charge in [0.2, 0.25) is 0 Å². The van der Waals surface area contributed by atoms with Gasteiger partial charge in [0, 0.05) is 0 Å². The molecule has 0 aliphatic heterocycles. The minimum absolute atomic E-state index is 0.861. The summed E-state index contributed by atoms with van der Waals surface area (Å²) in [5.74, 6) is 0.861. The first-order chi connectivity index (χ1) is 11.3. The van der Waals surface area contributed by atoms with Gasteiger partial charge in [0.1, 0.15) is 5.75 Å². The number of fused-ring (bicyclic) bond motifs is 3. The molecule has 4 rings (SSSR count). The fraction of sp³-hybridized carbons (Fsp3) is 0.0909. The summed E-state index contributed by atoms with van der Waals surface area (Å²) >= 11 is 0. The van der Waals surface area contributed by atoms with Crippen LogP contribution in [0.4, 0.5) is 0 Å². The van der Waals surface area contributed by atoms with E-state index in [0.717, 1.165) is 17.7 Å². The maximum absolute atomic E-state index is 5.43. The van der Waals surface area contributed by atoms with E-state index in [4.69, 9.17) is 4.74 Å². The Balaban J connectivity index is 1.83. The Morgan fingerprint density at radius 3 is 2.52 bits per heavy atom. The Labute approximate surface area is 136 Å². The predicted molar refractivity (Wildman–Crippen MR) is 95.7 cm³/mol. The number of hydrogen-bond donors (Lipinski definition) is 0. The fourth-order valence-corrected chi connectivity index (χ4v) is 3.47. The van der Waals surface area contributed by atoms with Crippen LogP contribution < -0.4 is 4.74 Å². The standard InChI is InChI=1S/C22H18O/c1-3-23-22-12-11-17(13-15(22)2)19-9-6-10-20-18-8-5-4-7-16(18)14-21(19)20/h3-13H,1,14H2,2H3. The lowest BCUT2D eigenvalue weighted by atomic mass is 9.94. The molecule has 1 aliphatic carbocycles. The van der Waals surface area contributed by atoms with E-state index in [9.17, 15) is 0 Å². The lowest BCUT2D eigenvalue weighted by Crippen LogP contribution is -1.90. The Bertz CT molecular complexity index is 906. The lowest BCUT2D eigenvalue weighted by Gasteiger charge is -2.11. The molecule has 23 heavy (non-hydrogen) atoms. The molecule has 0 amide bonds. The molecular weight excluding hydrogens is 280 g/mol. The van der Waals surface area contributed by atoms with Crippen LogP contribution in [0.1, 0.15) is 16.7 Å². The van der Waals surface area contributed by atoms with E-state index < -0.39 is 0 Å². The Kier molecular flexibility index (Phi) is 3.27. The highest BCUT2D eigenvalue weighted by Crippen LogP contribution is 2.41. The van der Waals surface area contributed by atoms with E-state index >= 15 is 0 Å². The zero-order valence-electron chi connectivity index (χ0n) is 13.2. The molecule has 1 aliphatic rings. The Hall–Kier alpha value is -2.80. The van der Waals surface area contributed by atoms with Crippen molar-refractivity contribution in [3.05, 3.63) is 90.2 Å². The van der Waals surface area contributed by atoms with Gasteiger partial charge in [-0.05, 0) is 64.4 Å². The predicted octanol–water partition coefficient (Wildman–Crippen LogP) is 5.76. The fourth-order valence-electron chi connectivity index (χ4n) is 3.47. The van der Waals surface area contributed by atoms with Crippen LogP contribution >= 0.6 is 0 Å². The summed E-state index contributed by atoms with van der Waals surface area (Å²) in [4.78, 5) is 0. The first kappa shape index (κ1) is 13.8. The molecule has 0 spiro atoms. The van der Waals surface area contributed by atoms with Gasteiger partial charge >= 0.3 is 0 Å². The summed E-state index contributed by atoms with van der Waals surface area (Å²) in [7, 11) is 0. The SMILES string of the molecule is C=COc1ccc(-c2cccc3c2Cc2ccccc2-3)cc1C. The zero-order valence-corrected chi connectivity index (χ0v) is 13.2. The number of rotatable bonds is 3. The highest BCUT2D eigenvalue weighted by Gasteiger charge is 2.21. The van der Waals surface area contributed by atoms with Crippen LogP contribution in [0.3, 0.4) is 0 Å². The number of aryl methyl sites for hydroxylation is 1. The molecule has 0 saturated heterocycles. The van der Waals surface area contributed by atoms with Crippen LogP contribution in [-0.4, -0.2) is 0 Å². The molecule has 0 atom stereocenters. The first-order valence-electron chi connectivity index (χ1n) is 7.86. The topological polar surface area (TPSA) is 9.23 Å². The molecule has 0 N–H and O–H groups in total. The molecule has 1 nitrogen and oxygen atoms in total. The van der Waals surface area contributed by atoms with Crippen molar-refractivity contribution in [2.75, 3.05) is 0 Å². The lowest BCUT2D eigenvalue weighted by molar-refractivity contribution is 0.480. The van der Waals surface area contributed by atoms with Crippen LogP contribution in [0.5, 0.6) is 5.75 Å². The van der Waals surface area contributed by atoms with E-state index in [1.807, 2.05) is 6.07 Å². The number of hydrogen-bond acceptors (Lipinski definition) is 1. The van der Waals surface area contributed by atoms with Gasteiger partial charge in [-0.25, -0.2) is 0 Å². The summed E-state index contributed by atoms with van der Waals surface area (Å²) in [6.07, 6.45) is 2.48. The van der Waals surface area contributed by atoms with E-state index in [-0.39, 0.29) is 0 Å². The molecule has 0 bridgehead atoms. The van der Waals surface area contributed by atoms with Crippen LogP contribution in [-0.2, 0) is 6.42 Å². The van der Waals surface area contributed by atoms with Gasteiger partial charge in [0.15, 0.2) is 0 Å². The van der Waals surface area contributed by atoms with Crippen molar-refractivity contribution in [1.29, 1.82) is 0 Å².